The number of nitrogens with one attached hydrogen (secondary N) is 1. The zero-order valence-corrected chi connectivity index (χ0v) is 16.1. The summed E-state index contributed by atoms with van der Waals surface area (Å²) in [6.07, 6.45) is 0. The SMILES string of the molecule is O=C1COc2ccc(S(=O)(=O)Oc3ccc(C(=O)c4ccc(F)cc4)cc3)cc2N1. The molecule has 0 atom stereocenters. The summed E-state index contributed by atoms with van der Waals surface area (Å²) in [6, 6.07) is 14.6. The molecule has 3 aromatic rings. The van der Waals surface area contributed by atoms with Gasteiger partial charge in [0.25, 0.3) is 5.91 Å². The van der Waals surface area contributed by atoms with Gasteiger partial charge in [-0.15, -0.1) is 0 Å². The number of carbonyl (C=O) groups excluding carboxylic acids is 2. The molecule has 1 amide bonds. The summed E-state index contributed by atoms with van der Waals surface area (Å²) in [4.78, 5) is 23.7. The molecule has 0 unspecified atom stereocenters. The molecule has 1 aliphatic heterocycles. The van der Waals surface area contributed by atoms with Gasteiger partial charge in [-0.25, -0.2) is 4.39 Å². The van der Waals surface area contributed by atoms with Crippen molar-refractivity contribution in [3.05, 3.63) is 83.7 Å². The highest BCUT2D eigenvalue weighted by Gasteiger charge is 2.22. The average Bonchev–Trinajstić information content (AvgIpc) is 2.73. The standard InChI is InChI=1S/C21H14FNO6S/c22-15-5-1-13(2-6-15)21(25)14-3-7-16(8-4-14)29-30(26,27)17-9-10-19-18(11-17)23-20(24)12-28-19/h1-11H,12H2,(H,23,24). The van der Waals surface area contributed by atoms with E-state index in [-0.39, 0.29) is 34.6 Å². The van der Waals surface area contributed by atoms with Gasteiger partial charge >= 0.3 is 10.1 Å². The molecule has 3 aromatic carbocycles. The van der Waals surface area contributed by atoms with Crippen LogP contribution in [0, 0.1) is 5.82 Å². The Bertz CT molecular complexity index is 1240. The number of halogens is 1. The largest absolute Gasteiger partial charge is 0.482 e. The summed E-state index contributed by atoms with van der Waals surface area (Å²) in [6.45, 7) is -0.140. The van der Waals surface area contributed by atoms with Gasteiger partial charge in [-0.05, 0) is 66.7 Å². The highest BCUT2D eigenvalue weighted by molar-refractivity contribution is 7.87. The predicted octanol–water partition coefficient (Wildman–Crippen LogP) is 3.16. The second kappa shape index (κ2) is 7.60. The van der Waals surface area contributed by atoms with Crippen LogP contribution in [0.2, 0.25) is 0 Å². The van der Waals surface area contributed by atoms with Gasteiger partial charge in [-0.2, -0.15) is 8.42 Å². The van der Waals surface area contributed by atoms with Crippen molar-refractivity contribution in [1.29, 1.82) is 0 Å². The lowest BCUT2D eigenvalue weighted by Crippen LogP contribution is -2.25. The van der Waals surface area contributed by atoms with Gasteiger partial charge < -0.3 is 14.2 Å². The fourth-order valence-corrected chi connectivity index (χ4v) is 3.78. The van der Waals surface area contributed by atoms with E-state index in [4.69, 9.17) is 8.92 Å². The van der Waals surface area contributed by atoms with E-state index >= 15 is 0 Å². The molecule has 0 aliphatic carbocycles. The molecule has 7 nitrogen and oxygen atoms in total. The number of ether oxygens (including phenoxy) is 1. The van der Waals surface area contributed by atoms with Gasteiger partial charge in [0.05, 0.1) is 5.69 Å². The van der Waals surface area contributed by atoms with Crippen molar-refractivity contribution in [3.63, 3.8) is 0 Å². The Kier molecular flexibility index (Phi) is 4.96. The first-order valence-electron chi connectivity index (χ1n) is 8.73. The molecule has 4 rings (SSSR count). The Hall–Kier alpha value is -3.72. The maximum atomic E-state index is 13.0. The van der Waals surface area contributed by atoms with Crippen LogP contribution in [0.25, 0.3) is 0 Å². The minimum atomic E-state index is -4.19. The van der Waals surface area contributed by atoms with E-state index in [9.17, 15) is 22.4 Å². The minimum Gasteiger partial charge on any atom is -0.482 e. The normalized spacial score (nSPS) is 13.0. The number of amides is 1. The van der Waals surface area contributed by atoms with Crippen LogP contribution in [-0.4, -0.2) is 26.7 Å². The smallest absolute Gasteiger partial charge is 0.339 e. The number of rotatable bonds is 5. The monoisotopic (exact) mass is 427 g/mol. The molecule has 9 heteroatoms. The summed E-state index contributed by atoms with van der Waals surface area (Å²) >= 11 is 0. The van der Waals surface area contributed by atoms with Crippen LogP contribution < -0.4 is 14.2 Å². The van der Waals surface area contributed by atoms with Crippen molar-refractivity contribution in [2.24, 2.45) is 0 Å². The van der Waals surface area contributed by atoms with E-state index in [1.807, 2.05) is 0 Å². The Morgan fingerprint density at radius 3 is 2.27 bits per heavy atom. The van der Waals surface area contributed by atoms with Gasteiger partial charge in [0.1, 0.15) is 22.2 Å². The highest BCUT2D eigenvalue weighted by atomic mass is 32.2. The first-order valence-corrected chi connectivity index (χ1v) is 10.1. The molecule has 0 saturated carbocycles. The van der Waals surface area contributed by atoms with Crippen LogP contribution in [0.4, 0.5) is 10.1 Å². The van der Waals surface area contributed by atoms with Crippen molar-refractivity contribution in [1.82, 2.24) is 0 Å². The number of carbonyl (C=O) groups is 2. The molecule has 1 N–H and O–H groups in total. The van der Waals surface area contributed by atoms with E-state index in [1.54, 1.807) is 0 Å². The molecule has 0 bridgehead atoms. The molecular formula is C21H14FNO6S. The highest BCUT2D eigenvalue weighted by Crippen LogP contribution is 2.31. The molecular weight excluding hydrogens is 413 g/mol. The van der Waals surface area contributed by atoms with E-state index in [0.717, 1.165) is 0 Å². The summed E-state index contributed by atoms with van der Waals surface area (Å²) in [7, 11) is -4.19. The van der Waals surface area contributed by atoms with Crippen LogP contribution in [-0.2, 0) is 14.9 Å². The van der Waals surface area contributed by atoms with Crippen LogP contribution in [0.3, 0.4) is 0 Å². The number of anilines is 1. The third-order valence-electron chi connectivity index (χ3n) is 4.30. The van der Waals surface area contributed by atoms with Crippen molar-refractivity contribution in [2.45, 2.75) is 4.90 Å². The molecule has 1 heterocycles. The Morgan fingerprint density at radius 2 is 1.60 bits per heavy atom. The third kappa shape index (κ3) is 4.01. The van der Waals surface area contributed by atoms with Crippen molar-refractivity contribution >= 4 is 27.5 Å². The Morgan fingerprint density at radius 1 is 0.967 bits per heavy atom. The van der Waals surface area contributed by atoms with Crippen LogP contribution >= 0.6 is 0 Å². The summed E-state index contributed by atoms with van der Waals surface area (Å²) in [5.41, 5.74) is 0.826. The molecule has 152 valence electrons. The number of ketones is 1. The number of benzene rings is 3. The summed E-state index contributed by atoms with van der Waals surface area (Å²) in [5.74, 6) is -0.816. The molecule has 0 spiro atoms. The lowest BCUT2D eigenvalue weighted by molar-refractivity contribution is -0.118. The predicted molar refractivity (Wildman–Crippen MR) is 105 cm³/mol. The molecule has 0 aromatic heterocycles. The maximum absolute atomic E-state index is 13.0. The number of fused-ring (bicyclic) bond motifs is 1. The van der Waals surface area contributed by atoms with Crippen LogP contribution in [0.1, 0.15) is 15.9 Å². The zero-order valence-electron chi connectivity index (χ0n) is 15.3. The molecule has 1 aliphatic rings. The van der Waals surface area contributed by atoms with E-state index in [2.05, 4.69) is 5.32 Å². The molecule has 0 radical (unpaired) electrons. The second-order valence-electron chi connectivity index (χ2n) is 6.39. The maximum Gasteiger partial charge on any atom is 0.339 e. The average molecular weight is 427 g/mol. The van der Waals surface area contributed by atoms with Crippen molar-refractivity contribution < 1.29 is 31.3 Å². The van der Waals surface area contributed by atoms with Crippen molar-refractivity contribution in [3.8, 4) is 11.5 Å². The van der Waals surface area contributed by atoms with Gasteiger partial charge in [0.15, 0.2) is 12.4 Å². The number of hydrogen-bond acceptors (Lipinski definition) is 6. The minimum absolute atomic E-state index is 0.00339. The third-order valence-corrected chi connectivity index (χ3v) is 5.54. The Balaban J connectivity index is 1.52. The molecule has 0 fully saturated rings. The fourth-order valence-electron chi connectivity index (χ4n) is 2.82. The quantitative estimate of drug-likeness (QED) is 0.496. The van der Waals surface area contributed by atoms with E-state index in [0.29, 0.717) is 16.9 Å². The van der Waals surface area contributed by atoms with E-state index < -0.39 is 15.9 Å². The van der Waals surface area contributed by atoms with Crippen molar-refractivity contribution in [2.75, 3.05) is 11.9 Å². The fraction of sp³-hybridized carbons (Fsp3) is 0.0476. The van der Waals surface area contributed by atoms with Gasteiger partial charge in [0, 0.05) is 11.1 Å². The second-order valence-corrected chi connectivity index (χ2v) is 7.94. The lowest BCUT2D eigenvalue weighted by atomic mass is 10.0. The molecule has 0 saturated heterocycles. The Labute approximate surface area is 171 Å². The zero-order chi connectivity index (χ0) is 21.3. The molecule has 30 heavy (non-hydrogen) atoms. The first kappa shape index (κ1) is 19.6. The summed E-state index contributed by atoms with van der Waals surface area (Å²) in [5, 5.41) is 2.53. The van der Waals surface area contributed by atoms with Gasteiger partial charge in [0.2, 0.25) is 0 Å². The van der Waals surface area contributed by atoms with E-state index in [1.165, 1.54) is 66.7 Å². The van der Waals surface area contributed by atoms with Gasteiger partial charge in [-0.1, -0.05) is 0 Å². The lowest BCUT2D eigenvalue weighted by Gasteiger charge is -2.18. The topological polar surface area (TPSA) is 98.8 Å². The first-order chi connectivity index (χ1) is 14.3. The van der Waals surface area contributed by atoms with Crippen LogP contribution in [0.5, 0.6) is 11.5 Å². The summed E-state index contributed by atoms with van der Waals surface area (Å²) < 4.78 is 48.4. The van der Waals surface area contributed by atoms with Crippen LogP contribution in [0.15, 0.2) is 71.6 Å². The number of hydrogen-bond donors (Lipinski definition) is 1. The van der Waals surface area contributed by atoms with Gasteiger partial charge in [-0.3, -0.25) is 9.59 Å².